The summed E-state index contributed by atoms with van der Waals surface area (Å²) in [5.74, 6) is -0.650. The van der Waals surface area contributed by atoms with Crippen LogP contribution >= 0.6 is 7.26 Å². The number of alkyl halides is 6. The molecule has 0 aliphatic carbocycles. The molecule has 0 fully saturated rings. The Morgan fingerprint density at radius 1 is 0.551 bits per heavy atom. The quantitative estimate of drug-likeness (QED) is 0.0850. The number of rotatable bonds is 11. The van der Waals surface area contributed by atoms with E-state index in [9.17, 15) is 31.4 Å². The summed E-state index contributed by atoms with van der Waals surface area (Å²) in [6, 6.07) is 43.0. The predicted octanol–water partition coefficient (Wildman–Crippen LogP) is 9.21. The van der Waals surface area contributed by atoms with Gasteiger partial charge in [0.25, 0.3) is 0 Å². The number of allylic oxidation sites excluding steroid dienone is 1. The van der Waals surface area contributed by atoms with Crippen LogP contribution in [0.3, 0.4) is 0 Å². The van der Waals surface area contributed by atoms with Crippen LogP contribution in [0.2, 0.25) is 0 Å². The lowest BCUT2D eigenvalue weighted by Gasteiger charge is -2.33. The third-order valence-corrected chi connectivity index (χ3v) is 12.8. The molecule has 0 radical (unpaired) electrons. The van der Waals surface area contributed by atoms with Gasteiger partial charge in [-0.3, -0.25) is 0 Å². The number of benzene rings is 5. The third kappa shape index (κ3) is 8.11. The molecule has 5 aromatic rings. The fraction of sp³-hybridized carbons (Fsp3) is 0.179. The van der Waals surface area contributed by atoms with Gasteiger partial charge >= 0.3 is 12.4 Å². The van der Waals surface area contributed by atoms with Crippen molar-refractivity contribution in [3.63, 3.8) is 0 Å². The SMILES string of the molecule is CN(CC(F)(F)F)c1ccc(C(/C(=C\O)[P+](c2ccccc2)(c2ccccc2)c2ccccc2)c2ccc(N(C)CC(F)(F)F)cc2)cc1. The van der Waals surface area contributed by atoms with E-state index in [1.165, 1.54) is 14.1 Å². The number of halogens is 6. The average Bonchev–Trinajstić information content (AvgIpc) is 3.08. The van der Waals surface area contributed by atoms with Gasteiger partial charge in [0.05, 0.1) is 5.92 Å². The summed E-state index contributed by atoms with van der Waals surface area (Å²) in [6.07, 6.45) is -7.65. The van der Waals surface area contributed by atoms with Gasteiger partial charge in [0.15, 0.2) is 0 Å². The Morgan fingerprint density at radius 3 is 1.12 bits per heavy atom. The Labute approximate surface area is 283 Å². The molecule has 0 unspecified atom stereocenters. The molecule has 49 heavy (non-hydrogen) atoms. The highest BCUT2D eigenvalue weighted by Gasteiger charge is 2.53. The lowest BCUT2D eigenvalue weighted by Crippen LogP contribution is -2.34. The predicted molar refractivity (Wildman–Crippen MR) is 189 cm³/mol. The third-order valence-electron chi connectivity index (χ3n) is 8.41. The van der Waals surface area contributed by atoms with Gasteiger partial charge in [-0.15, -0.1) is 0 Å². The van der Waals surface area contributed by atoms with Crippen LogP contribution in [0.4, 0.5) is 37.7 Å². The summed E-state index contributed by atoms with van der Waals surface area (Å²) < 4.78 is 79.4. The van der Waals surface area contributed by atoms with Crippen molar-refractivity contribution in [2.75, 3.05) is 37.0 Å². The van der Waals surface area contributed by atoms with Crippen molar-refractivity contribution in [2.45, 2.75) is 18.3 Å². The zero-order valence-electron chi connectivity index (χ0n) is 26.9. The van der Waals surface area contributed by atoms with E-state index in [1.54, 1.807) is 48.5 Å². The molecule has 0 aliphatic rings. The van der Waals surface area contributed by atoms with Gasteiger partial charge in [0.1, 0.15) is 47.8 Å². The van der Waals surface area contributed by atoms with E-state index in [4.69, 9.17) is 0 Å². The Kier molecular flexibility index (Phi) is 10.7. The van der Waals surface area contributed by atoms with Gasteiger partial charge < -0.3 is 14.9 Å². The normalized spacial score (nSPS) is 12.6. The number of anilines is 2. The lowest BCUT2D eigenvalue weighted by atomic mass is 9.90. The molecule has 3 nitrogen and oxygen atoms in total. The van der Waals surface area contributed by atoms with E-state index in [1.807, 2.05) is 91.0 Å². The second-order valence-electron chi connectivity index (χ2n) is 11.8. The maximum atomic E-state index is 13.2. The molecule has 0 aromatic heterocycles. The van der Waals surface area contributed by atoms with Crippen molar-refractivity contribution in [1.29, 1.82) is 0 Å². The van der Waals surface area contributed by atoms with E-state index in [0.29, 0.717) is 27.8 Å². The Bertz CT molecular complexity index is 1650. The first-order valence-corrected chi connectivity index (χ1v) is 17.3. The van der Waals surface area contributed by atoms with E-state index >= 15 is 0 Å². The summed E-state index contributed by atoms with van der Waals surface area (Å²) >= 11 is 0. The molecule has 0 saturated heterocycles. The molecule has 0 spiro atoms. The van der Waals surface area contributed by atoms with Crippen LogP contribution in [-0.4, -0.2) is 44.6 Å². The topological polar surface area (TPSA) is 26.7 Å². The van der Waals surface area contributed by atoms with Gasteiger partial charge in [-0.1, -0.05) is 78.9 Å². The van der Waals surface area contributed by atoms with E-state index in [2.05, 4.69) is 0 Å². The molecule has 0 heterocycles. The highest BCUT2D eigenvalue weighted by molar-refractivity contribution is 7.99. The molecule has 0 bridgehead atoms. The number of hydrogen-bond acceptors (Lipinski definition) is 3. The second kappa shape index (κ2) is 14.8. The highest BCUT2D eigenvalue weighted by atomic mass is 31.2. The van der Waals surface area contributed by atoms with Gasteiger partial charge in [0.2, 0.25) is 0 Å². The van der Waals surface area contributed by atoms with E-state index in [0.717, 1.165) is 32.0 Å². The molecule has 10 heteroatoms. The maximum absolute atomic E-state index is 13.2. The van der Waals surface area contributed by atoms with Crippen molar-refractivity contribution in [3.8, 4) is 0 Å². The molecule has 0 amide bonds. The smallest absolute Gasteiger partial charge is 0.405 e. The summed E-state index contributed by atoms with van der Waals surface area (Å²) in [7, 11) is -0.141. The molecular weight excluding hydrogens is 657 g/mol. The van der Waals surface area contributed by atoms with E-state index < -0.39 is 38.6 Å². The molecule has 0 atom stereocenters. The van der Waals surface area contributed by atoms with Crippen molar-refractivity contribution in [1.82, 2.24) is 0 Å². The number of aliphatic hydroxyl groups is 1. The van der Waals surface area contributed by atoms with Crippen LogP contribution in [-0.2, 0) is 0 Å². The monoisotopic (exact) mass is 693 g/mol. The minimum absolute atomic E-state index is 0.355. The molecule has 0 aliphatic heterocycles. The maximum Gasteiger partial charge on any atom is 0.405 e. The average molecular weight is 694 g/mol. The fourth-order valence-corrected chi connectivity index (χ4v) is 10.8. The van der Waals surface area contributed by atoms with Gasteiger partial charge in [-0.25, -0.2) is 0 Å². The molecule has 5 aromatic carbocycles. The Morgan fingerprint density at radius 2 is 0.857 bits per heavy atom. The van der Waals surface area contributed by atoms with Crippen LogP contribution < -0.4 is 25.7 Å². The van der Waals surface area contributed by atoms with Crippen LogP contribution in [0.25, 0.3) is 0 Å². The zero-order chi connectivity index (χ0) is 35.2. The van der Waals surface area contributed by atoms with Crippen LogP contribution in [0.5, 0.6) is 0 Å². The largest absolute Gasteiger partial charge is 0.512 e. The van der Waals surface area contributed by atoms with Crippen molar-refractivity contribution >= 4 is 34.6 Å². The van der Waals surface area contributed by atoms with Crippen LogP contribution in [0, 0.1) is 0 Å². The minimum atomic E-state index is -4.39. The first-order chi connectivity index (χ1) is 23.3. The number of nitrogens with zero attached hydrogens (tertiary/aromatic N) is 2. The van der Waals surface area contributed by atoms with Crippen molar-refractivity contribution < 1.29 is 31.4 Å². The van der Waals surface area contributed by atoms with Gasteiger partial charge in [-0.2, -0.15) is 26.3 Å². The summed E-state index contributed by atoms with van der Waals surface area (Å²) in [6.45, 7) is -2.26. The standard InChI is InChI=1S/C39H35F6N2OP/c1-46(27-38(40,41)42)31-22-18-29(19-23-31)37(30-20-24-32(25-21-30)47(2)28-39(43,44)45)36(26-48)49(33-12-6-3-7-13-33,34-14-8-4-9-15-34)35-16-10-5-11-17-35/h3-26,37H,27-28H2,1-2H3/p+1/b36-26+. The highest BCUT2D eigenvalue weighted by Crippen LogP contribution is 2.67. The lowest BCUT2D eigenvalue weighted by molar-refractivity contribution is -0.120. The Hall–Kier alpha value is -4.75. The van der Waals surface area contributed by atoms with E-state index in [-0.39, 0.29) is 0 Å². The summed E-state index contributed by atoms with van der Waals surface area (Å²) in [5.41, 5.74) is 2.09. The van der Waals surface area contributed by atoms with Gasteiger partial charge in [-0.05, 0) is 71.8 Å². The van der Waals surface area contributed by atoms with Gasteiger partial charge in [0, 0.05) is 25.5 Å². The molecule has 1 N–H and O–H groups in total. The molecule has 254 valence electrons. The van der Waals surface area contributed by atoms with Crippen molar-refractivity contribution in [3.05, 3.63) is 162 Å². The second-order valence-corrected chi connectivity index (χ2v) is 15.2. The minimum Gasteiger partial charge on any atom is -0.512 e. The summed E-state index contributed by atoms with van der Waals surface area (Å²) in [5, 5.41) is 15.0. The zero-order valence-corrected chi connectivity index (χ0v) is 27.8. The molecule has 5 rings (SSSR count). The van der Waals surface area contributed by atoms with Crippen molar-refractivity contribution in [2.24, 2.45) is 0 Å². The molecule has 0 saturated carbocycles. The first kappa shape index (κ1) is 35.6. The number of aliphatic hydroxyl groups excluding tert-OH is 1. The number of hydrogen-bond donors (Lipinski definition) is 1. The van der Waals surface area contributed by atoms with Crippen LogP contribution in [0.1, 0.15) is 17.0 Å². The first-order valence-electron chi connectivity index (χ1n) is 15.5. The fourth-order valence-electron chi connectivity index (χ4n) is 6.30. The molecular formula is C39H36F6N2OP+. The Balaban J connectivity index is 1.76. The van der Waals surface area contributed by atoms with Crippen LogP contribution in [0.15, 0.2) is 151 Å². The summed E-state index contributed by atoms with van der Waals surface area (Å²) in [4.78, 5) is 2.23.